The van der Waals surface area contributed by atoms with Gasteiger partial charge in [0.25, 0.3) is 0 Å². The zero-order chi connectivity index (χ0) is 23.4. The van der Waals surface area contributed by atoms with Gasteiger partial charge in [0.1, 0.15) is 5.82 Å². The van der Waals surface area contributed by atoms with Crippen molar-refractivity contribution < 1.29 is 18.3 Å². The smallest absolute Gasteiger partial charge is 0.306 e. The third kappa shape index (κ3) is 5.42. The van der Waals surface area contributed by atoms with Gasteiger partial charge in [0.05, 0.1) is 26.0 Å². The van der Waals surface area contributed by atoms with Crippen molar-refractivity contribution in [2.45, 2.75) is 38.8 Å². The molecule has 0 radical (unpaired) electrons. The largest absolute Gasteiger partial charge is 0.466 e. The lowest BCUT2D eigenvalue weighted by molar-refractivity contribution is -0.144. The average Bonchev–Trinajstić information content (AvgIpc) is 3.44. The summed E-state index contributed by atoms with van der Waals surface area (Å²) < 4.78 is 28.5. The number of piperidine rings is 1. The fourth-order valence-corrected chi connectivity index (χ4v) is 4.74. The highest BCUT2D eigenvalue weighted by molar-refractivity contribution is 7.71. The predicted molar refractivity (Wildman–Crippen MR) is 124 cm³/mol. The number of hydrogen-bond acceptors (Lipinski definition) is 6. The third-order valence-electron chi connectivity index (χ3n) is 6.31. The molecule has 0 spiro atoms. The molecule has 1 saturated heterocycles. The van der Waals surface area contributed by atoms with Gasteiger partial charge in [-0.2, -0.15) is 0 Å². The summed E-state index contributed by atoms with van der Waals surface area (Å²) in [5.74, 6) is 1.22. The summed E-state index contributed by atoms with van der Waals surface area (Å²) in [6, 6.07) is 10.2. The number of carbonyl (C=O) groups excluding carboxylic acids is 1. The molecule has 2 aromatic heterocycles. The van der Waals surface area contributed by atoms with E-state index in [1.54, 1.807) is 18.4 Å². The molecule has 0 N–H and O–H groups in total. The van der Waals surface area contributed by atoms with Gasteiger partial charge in [0.2, 0.25) is 0 Å². The number of hydrogen-bond donors (Lipinski definition) is 0. The quantitative estimate of drug-likeness (QED) is 0.348. The Hall–Kier alpha value is -2.78. The van der Waals surface area contributed by atoms with Crippen LogP contribution in [0.25, 0.3) is 11.6 Å². The van der Waals surface area contributed by atoms with Crippen LogP contribution in [-0.2, 0) is 23.2 Å². The fourth-order valence-electron chi connectivity index (χ4n) is 4.55. The van der Waals surface area contributed by atoms with Crippen LogP contribution in [0.1, 0.15) is 37.7 Å². The molecule has 0 amide bonds. The third-order valence-corrected chi connectivity index (χ3v) is 6.79. The molecule has 33 heavy (non-hydrogen) atoms. The first-order valence-electron chi connectivity index (χ1n) is 11.3. The molecular weight excluding hydrogens is 443 g/mol. The Morgan fingerprint density at radius 2 is 2.00 bits per heavy atom. The second kappa shape index (κ2) is 10.4. The van der Waals surface area contributed by atoms with Crippen LogP contribution in [0, 0.1) is 16.5 Å². The minimum Gasteiger partial charge on any atom is -0.466 e. The molecule has 176 valence electrons. The first kappa shape index (κ1) is 23.4. The van der Waals surface area contributed by atoms with Gasteiger partial charge in [0.15, 0.2) is 16.4 Å². The van der Waals surface area contributed by atoms with Gasteiger partial charge in [-0.25, -0.2) is 9.07 Å². The van der Waals surface area contributed by atoms with E-state index in [0.29, 0.717) is 42.0 Å². The van der Waals surface area contributed by atoms with E-state index in [0.717, 1.165) is 31.5 Å². The van der Waals surface area contributed by atoms with Crippen LogP contribution >= 0.6 is 12.2 Å². The van der Waals surface area contributed by atoms with Crippen LogP contribution in [0.3, 0.4) is 0 Å². The van der Waals surface area contributed by atoms with Crippen LogP contribution in [0.4, 0.5) is 4.39 Å². The maximum Gasteiger partial charge on any atom is 0.306 e. The SMILES string of the molecule is CCOC(=O)C[C@H](c1ccc(F)cc1)C1CCN(Cn2nc(-c3ccco3)n(C)c2=S)CC1. The number of rotatable bonds is 8. The Morgan fingerprint density at radius 1 is 1.27 bits per heavy atom. The van der Waals surface area contributed by atoms with Gasteiger partial charge >= 0.3 is 5.97 Å². The molecule has 4 rings (SSSR count). The maximum atomic E-state index is 13.5. The van der Waals surface area contributed by atoms with Crippen molar-refractivity contribution in [2.24, 2.45) is 13.0 Å². The molecular formula is C24H29FN4O3S. The van der Waals surface area contributed by atoms with E-state index >= 15 is 0 Å². The summed E-state index contributed by atoms with van der Waals surface area (Å²) >= 11 is 5.58. The van der Waals surface area contributed by atoms with Gasteiger partial charge in [-0.3, -0.25) is 9.69 Å². The van der Waals surface area contributed by atoms with Gasteiger partial charge in [-0.05, 0) is 73.6 Å². The highest BCUT2D eigenvalue weighted by Crippen LogP contribution is 2.36. The van der Waals surface area contributed by atoms with Crippen molar-refractivity contribution in [3.8, 4) is 11.6 Å². The van der Waals surface area contributed by atoms with Gasteiger partial charge in [0, 0.05) is 20.1 Å². The lowest BCUT2D eigenvalue weighted by atomic mass is 9.78. The lowest BCUT2D eigenvalue weighted by Crippen LogP contribution is -2.37. The molecule has 0 unspecified atom stereocenters. The van der Waals surface area contributed by atoms with Gasteiger partial charge < -0.3 is 13.7 Å². The van der Waals surface area contributed by atoms with Gasteiger partial charge in [-0.15, -0.1) is 5.10 Å². The van der Waals surface area contributed by atoms with E-state index < -0.39 is 0 Å². The van der Waals surface area contributed by atoms with Crippen LogP contribution in [0.15, 0.2) is 47.1 Å². The zero-order valence-electron chi connectivity index (χ0n) is 18.9. The topological polar surface area (TPSA) is 65.4 Å². The normalized spacial score (nSPS) is 16.1. The van der Waals surface area contributed by atoms with Crippen molar-refractivity contribution in [1.82, 2.24) is 19.2 Å². The van der Waals surface area contributed by atoms with E-state index in [2.05, 4.69) is 10.00 Å². The number of nitrogens with zero attached hydrogens (tertiary/aromatic N) is 4. The molecule has 0 aliphatic carbocycles. The lowest BCUT2D eigenvalue weighted by Gasteiger charge is -2.36. The van der Waals surface area contributed by atoms with Crippen molar-refractivity contribution >= 4 is 18.2 Å². The van der Waals surface area contributed by atoms with E-state index in [4.69, 9.17) is 21.4 Å². The molecule has 3 heterocycles. The van der Waals surface area contributed by atoms with Crippen LogP contribution in [0.2, 0.25) is 0 Å². The molecule has 0 saturated carbocycles. The minimum absolute atomic E-state index is 0.00868. The summed E-state index contributed by atoms with van der Waals surface area (Å²) in [5.41, 5.74) is 0.984. The first-order chi connectivity index (χ1) is 16.0. The number of benzene rings is 1. The Bertz CT molecular complexity index is 1120. The number of halogens is 1. The Labute approximate surface area is 197 Å². The van der Waals surface area contributed by atoms with Crippen LogP contribution < -0.4 is 0 Å². The molecule has 7 nitrogen and oxygen atoms in total. The molecule has 1 aromatic carbocycles. The average molecular weight is 473 g/mol. The van der Waals surface area contributed by atoms with Crippen molar-refractivity contribution in [3.05, 3.63) is 58.8 Å². The van der Waals surface area contributed by atoms with E-state index in [-0.39, 0.29) is 17.7 Å². The Balaban J connectivity index is 1.43. The second-order valence-corrected chi connectivity index (χ2v) is 8.77. The summed E-state index contributed by atoms with van der Waals surface area (Å²) in [7, 11) is 1.89. The van der Waals surface area contributed by atoms with Crippen molar-refractivity contribution in [3.63, 3.8) is 0 Å². The monoisotopic (exact) mass is 472 g/mol. The Morgan fingerprint density at radius 3 is 2.64 bits per heavy atom. The number of ether oxygens (including phenoxy) is 1. The number of likely N-dealkylation sites (tertiary alicyclic amines) is 1. The summed E-state index contributed by atoms with van der Waals surface area (Å²) in [4.78, 5) is 14.6. The highest BCUT2D eigenvalue weighted by Gasteiger charge is 2.30. The maximum absolute atomic E-state index is 13.5. The van der Waals surface area contributed by atoms with Crippen LogP contribution in [-0.4, -0.2) is 44.9 Å². The number of furan rings is 1. The molecule has 1 atom stereocenters. The Kier molecular flexibility index (Phi) is 7.39. The summed E-state index contributed by atoms with van der Waals surface area (Å²) in [6.07, 6.45) is 3.78. The predicted octanol–water partition coefficient (Wildman–Crippen LogP) is 4.76. The number of aromatic nitrogens is 3. The number of carbonyl (C=O) groups is 1. The standard InChI is InChI=1S/C24H29FN4O3S/c1-3-31-22(30)15-20(17-6-8-19(25)9-7-17)18-10-12-28(13-11-18)16-29-24(33)27(2)23(26-29)21-5-4-14-32-21/h4-9,14,18,20H,3,10-13,15-16H2,1-2H3/t20-/m1/s1. The van der Waals surface area contributed by atoms with E-state index in [1.807, 2.05) is 35.4 Å². The molecule has 1 fully saturated rings. The molecule has 3 aromatic rings. The van der Waals surface area contributed by atoms with Crippen molar-refractivity contribution in [1.29, 1.82) is 0 Å². The fraction of sp³-hybridized carbons (Fsp3) is 0.458. The van der Waals surface area contributed by atoms with Gasteiger partial charge in [-0.1, -0.05) is 12.1 Å². The zero-order valence-corrected chi connectivity index (χ0v) is 19.8. The second-order valence-electron chi connectivity index (χ2n) is 8.41. The van der Waals surface area contributed by atoms with E-state index in [1.165, 1.54) is 12.1 Å². The van der Waals surface area contributed by atoms with Crippen molar-refractivity contribution in [2.75, 3.05) is 19.7 Å². The number of esters is 1. The molecule has 1 aliphatic rings. The minimum atomic E-state index is -0.274. The van der Waals surface area contributed by atoms with E-state index in [9.17, 15) is 9.18 Å². The first-order valence-corrected chi connectivity index (χ1v) is 11.7. The molecule has 9 heteroatoms. The molecule has 1 aliphatic heterocycles. The summed E-state index contributed by atoms with van der Waals surface area (Å²) in [5, 5.41) is 4.66. The highest BCUT2D eigenvalue weighted by atomic mass is 32.1. The molecule has 0 bridgehead atoms. The summed E-state index contributed by atoms with van der Waals surface area (Å²) in [6.45, 7) is 4.49. The van der Waals surface area contributed by atoms with Crippen LogP contribution in [0.5, 0.6) is 0 Å².